The number of thiophene rings is 1. The number of hydrogen-bond acceptors (Lipinski definition) is 6. The first-order valence-corrected chi connectivity index (χ1v) is 9.39. The zero-order valence-corrected chi connectivity index (χ0v) is 15.7. The average Bonchev–Trinajstić information content (AvgIpc) is 3.36. The van der Waals surface area contributed by atoms with Crippen molar-refractivity contribution in [2.45, 2.75) is 6.04 Å². The molecule has 0 spiro atoms. The largest absolute Gasteiger partial charge is 0.503 e. The van der Waals surface area contributed by atoms with Crippen LogP contribution in [0.15, 0.2) is 77.5 Å². The van der Waals surface area contributed by atoms with E-state index in [0.29, 0.717) is 22.0 Å². The minimum atomic E-state index is -0.838. The van der Waals surface area contributed by atoms with Crippen molar-refractivity contribution < 1.29 is 19.4 Å². The molecule has 0 fully saturated rings. The fourth-order valence-corrected chi connectivity index (χ4v) is 3.90. The minimum Gasteiger partial charge on any atom is -0.503 e. The fourth-order valence-electron chi connectivity index (χ4n) is 3.22. The Morgan fingerprint density at radius 3 is 2.71 bits per heavy atom. The summed E-state index contributed by atoms with van der Waals surface area (Å²) in [6, 6.07) is 14.7. The Bertz CT molecular complexity index is 1060. The zero-order valence-electron chi connectivity index (χ0n) is 14.9. The van der Waals surface area contributed by atoms with E-state index in [1.54, 1.807) is 66.2 Å². The molecule has 0 aliphatic carbocycles. The third kappa shape index (κ3) is 2.95. The number of aliphatic hydroxyl groups is 1. The normalized spacial score (nSPS) is 16.5. The molecule has 3 aromatic rings. The molecule has 1 aliphatic heterocycles. The summed E-state index contributed by atoms with van der Waals surface area (Å²) in [4.78, 5) is 32.2. The van der Waals surface area contributed by atoms with Crippen molar-refractivity contribution in [3.63, 3.8) is 0 Å². The Kier molecular flexibility index (Phi) is 4.67. The smallest absolute Gasteiger partial charge is 0.294 e. The van der Waals surface area contributed by atoms with Crippen LogP contribution < -0.4 is 9.64 Å². The number of carbonyl (C=O) groups is 2. The lowest BCUT2D eigenvalue weighted by atomic mass is 9.98. The maximum Gasteiger partial charge on any atom is 0.294 e. The van der Waals surface area contributed by atoms with Crippen molar-refractivity contribution in [3.05, 3.63) is 88.1 Å². The van der Waals surface area contributed by atoms with Gasteiger partial charge in [0.05, 0.1) is 23.3 Å². The molecular weight excluding hydrogens is 376 g/mol. The van der Waals surface area contributed by atoms with Crippen molar-refractivity contribution >= 4 is 28.7 Å². The molecule has 1 atom stereocenters. The number of hydrogen-bond donors (Lipinski definition) is 1. The van der Waals surface area contributed by atoms with Crippen LogP contribution in [0, 0.1) is 0 Å². The summed E-state index contributed by atoms with van der Waals surface area (Å²) < 4.78 is 5.26. The fraction of sp³-hybridized carbons (Fsp3) is 0.0952. The maximum absolute atomic E-state index is 13.1. The van der Waals surface area contributed by atoms with Crippen LogP contribution in [0.1, 0.15) is 21.4 Å². The summed E-state index contributed by atoms with van der Waals surface area (Å²) in [7, 11) is 1.53. The van der Waals surface area contributed by atoms with Gasteiger partial charge in [-0.1, -0.05) is 18.2 Å². The Hall–Kier alpha value is -3.45. The highest BCUT2D eigenvalue weighted by atomic mass is 32.1. The monoisotopic (exact) mass is 392 g/mol. The predicted molar refractivity (Wildman–Crippen MR) is 106 cm³/mol. The number of aromatic nitrogens is 1. The van der Waals surface area contributed by atoms with Crippen molar-refractivity contribution in [1.82, 2.24) is 4.98 Å². The van der Waals surface area contributed by atoms with E-state index < -0.39 is 17.7 Å². The molecule has 2 aromatic heterocycles. The molecule has 1 N–H and O–H groups in total. The second-order valence-corrected chi connectivity index (χ2v) is 7.05. The number of rotatable bonds is 5. The van der Waals surface area contributed by atoms with Crippen LogP contribution in [0.2, 0.25) is 0 Å². The van der Waals surface area contributed by atoms with Crippen LogP contribution in [0.25, 0.3) is 0 Å². The van der Waals surface area contributed by atoms with E-state index in [1.807, 2.05) is 0 Å². The highest BCUT2D eigenvalue weighted by molar-refractivity contribution is 7.12. The van der Waals surface area contributed by atoms with E-state index in [1.165, 1.54) is 23.3 Å². The van der Waals surface area contributed by atoms with Crippen LogP contribution in [-0.2, 0) is 4.79 Å². The van der Waals surface area contributed by atoms with E-state index in [0.717, 1.165) is 0 Å². The maximum atomic E-state index is 13.1. The van der Waals surface area contributed by atoms with E-state index in [9.17, 15) is 14.7 Å². The molecule has 1 amide bonds. The highest BCUT2D eigenvalue weighted by Crippen LogP contribution is 2.42. The average molecular weight is 392 g/mol. The Balaban J connectivity index is 1.88. The number of ether oxygens (including phenoxy) is 1. The van der Waals surface area contributed by atoms with Crippen LogP contribution in [0.4, 0.5) is 5.69 Å². The first-order valence-electron chi connectivity index (χ1n) is 8.51. The van der Waals surface area contributed by atoms with Crippen LogP contribution in [0.5, 0.6) is 5.75 Å². The van der Waals surface area contributed by atoms with Crippen LogP contribution in [-0.4, -0.2) is 28.9 Å². The van der Waals surface area contributed by atoms with E-state index in [2.05, 4.69) is 4.98 Å². The van der Waals surface area contributed by atoms with Crippen molar-refractivity contribution in [2.75, 3.05) is 12.0 Å². The molecule has 1 aromatic carbocycles. The molecule has 0 saturated carbocycles. The van der Waals surface area contributed by atoms with Gasteiger partial charge in [-0.3, -0.25) is 19.5 Å². The number of pyridine rings is 1. The summed E-state index contributed by atoms with van der Waals surface area (Å²) in [5.74, 6) is -1.04. The molecule has 0 bridgehead atoms. The molecule has 1 unspecified atom stereocenters. The number of anilines is 1. The van der Waals surface area contributed by atoms with E-state index in [-0.39, 0.29) is 11.4 Å². The highest BCUT2D eigenvalue weighted by Gasteiger charge is 2.45. The Labute approximate surface area is 165 Å². The summed E-state index contributed by atoms with van der Waals surface area (Å²) in [5.41, 5.74) is 1.01. The number of aliphatic hydroxyl groups excluding tert-OH is 1. The lowest BCUT2D eigenvalue weighted by molar-refractivity contribution is -0.117. The minimum absolute atomic E-state index is 0.0222. The first-order chi connectivity index (χ1) is 13.6. The lowest BCUT2D eigenvalue weighted by Gasteiger charge is -2.26. The lowest BCUT2D eigenvalue weighted by Crippen LogP contribution is -2.31. The second-order valence-electron chi connectivity index (χ2n) is 6.10. The molecule has 1 aliphatic rings. The number of Topliss-reactive ketones (excluding diaryl/α,β-unsaturated/α-hetero) is 1. The van der Waals surface area contributed by atoms with Crippen molar-refractivity contribution in [3.8, 4) is 5.75 Å². The Morgan fingerprint density at radius 2 is 2.04 bits per heavy atom. The number of methoxy groups -OCH3 is 1. The van der Waals surface area contributed by atoms with Gasteiger partial charge in [0.25, 0.3) is 5.91 Å². The number of nitrogens with zero attached hydrogens (tertiary/aromatic N) is 2. The van der Waals surface area contributed by atoms with Gasteiger partial charge in [0.15, 0.2) is 5.76 Å². The number of carbonyl (C=O) groups excluding carboxylic acids is 2. The summed E-state index contributed by atoms with van der Waals surface area (Å²) >= 11 is 1.26. The topological polar surface area (TPSA) is 79.7 Å². The number of ketones is 1. The van der Waals surface area contributed by atoms with Gasteiger partial charge in [-0.15, -0.1) is 11.3 Å². The Morgan fingerprint density at radius 1 is 1.18 bits per heavy atom. The quantitative estimate of drug-likeness (QED) is 0.666. The molecular formula is C21H16N2O4S. The molecule has 3 heterocycles. The van der Waals surface area contributed by atoms with Crippen molar-refractivity contribution in [2.24, 2.45) is 0 Å². The van der Waals surface area contributed by atoms with Gasteiger partial charge in [-0.2, -0.15) is 0 Å². The molecule has 4 rings (SSSR count). The SMILES string of the molecule is COc1cccc(N2C(=O)C(O)=C(C(=O)c3cccs3)C2c2ccccn2)c1. The van der Waals surface area contributed by atoms with Crippen LogP contribution in [0.3, 0.4) is 0 Å². The molecule has 28 heavy (non-hydrogen) atoms. The van der Waals surface area contributed by atoms with Gasteiger partial charge in [-0.05, 0) is 35.7 Å². The van der Waals surface area contributed by atoms with E-state index in [4.69, 9.17) is 4.74 Å². The third-order valence-corrected chi connectivity index (χ3v) is 5.37. The zero-order chi connectivity index (χ0) is 19.7. The summed E-state index contributed by atoms with van der Waals surface area (Å²) in [5, 5.41) is 12.4. The predicted octanol–water partition coefficient (Wildman–Crippen LogP) is 3.93. The summed E-state index contributed by atoms with van der Waals surface area (Å²) in [6.07, 6.45) is 1.59. The standard InChI is InChI=1S/C21H16N2O4S/c1-27-14-7-4-6-13(12-14)23-18(15-8-2-3-10-22-15)17(20(25)21(23)26)19(24)16-9-5-11-28-16/h2-12,18,25H,1H3. The summed E-state index contributed by atoms with van der Waals surface area (Å²) in [6.45, 7) is 0. The number of amides is 1. The van der Waals surface area contributed by atoms with Gasteiger partial charge in [0.1, 0.15) is 11.8 Å². The molecule has 0 radical (unpaired) electrons. The molecule has 6 nitrogen and oxygen atoms in total. The van der Waals surface area contributed by atoms with E-state index >= 15 is 0 Å². The molecule has 0 saturated heterocycles. The van der Waals surface area contributed by atoms with Gasteiger partial charge < -0.3 is 9.84 Å². The first kappa shape index (κ1) is 17.9. The third-order valence-electron chi connectivity index (χ3n) is 4.50. The van der Waals surface area contributed by atoms with Gasteiger partial charge in [0.2, 0.25) is 5.78 Å². The van der Waals surface area contributed by atoms with Gasteiger partial charge in [-0.25, -0.2) is 0 Å². The van der Waals surface area contributed by atoms with Crippen LogP contribution >= 0.6 is 11.3 Å². The van der Waals surface area contributed by atoms with Gasteiger partial charge >= 0.3 is 0 Å². The van der Waals surface area contributed by atoms with Gasteiger partial charge in [0, 0.05) is 18.0 Å². The second kappa shape index (κ2) is 7.28. The van der Waals surface area contributed by atoms with Crippen molar-refractivity contribution in [1.29, 1.82) is 0 Å². The number of benzene rings is 1. The molecule has 7 heteroatoms. The molecule has 140 valence electrons.